The van der Waals surface area contributed by atoms with Crippen molar-refractivity contribution in [1.29, 1.82) is 0 Å². The molecule has 2 fully saturated rings. The molecule has 1 aromatic heterocycles. The molecule has 2 amide bonds. The molecule has 154 valence electrons. The number of aromatic nitrogens is 1. The van der Waals surface area contributed by atoms with Gasteiger partial charge in [0.1, 0.15) is 5.69 Å². The van der Waals surface area contributed by atoms with Crippen LogP contribution in [0.1, 0.15) is 42.6 Å². The van der Waals surface area contributed by atoms with Crippen molar-refractivity contribution in [3.8, 4) is 0 Å². The standard InChI is InChI=1S/C21H26N4O3S/c26-19(22-13-17-7-4-12-28-17)10-11-25(16-8-9-16)20(27)18-14-29-21(24-18)23-15-5-2-1-3-6-15/h1-3,5-6,14,16-17H,4,7-13H2,(H,22,26)(H,23,24). The molecule has 1 saturated heterocycles. The molecule has 0 radical (unpaired) electrons. The molecule has 4 rings (SSSR count). The van der Waals surface area contributed by atoms with Crippen LogP contribution in [0.2, 0.25) is 0 Å². The molecule has 2 aliphatic rings. The lowest BCUT2D eigenvalue weighted by molar-refractivity contribution is -0.121. The number of para-hydroxylation sites is 1. The van der Waals surface area contributed by atoms with Crippen LogP contribution in [0.15, 0.2) is 35.7 Å². The summed E-state index contributed by atoms with van der Waals surface area (Å²) in [7, 11) is 0. The van der Waals surface area contributed by atoms with Crippen molar-refractivity contribution in [3.63, 3.8) is 0 Å². The highest BCUT2D eigenvalue weighted by Gasteiger charge is 2.34. The Balaban J connectivity index is 1.30. The van der Waals surface area contributed by atoms with Crippen molar-refractivity contribution in [1.82, 2.24) is 15.2 Å². The van der Waals surface area contributed by atoms with Crippen LogP contribution in [0.3, 0.4) is 0 Å². The largest absolute Gasteiger partial charge is 0.376 e. The number of hydrogen-bond donors (Lipinski definition) is 2. The summed E-state index contributed by atoms with van der Waals surface area (Å²) in [5.41, 5.74) is 1.36. The summed E-state index contributed by atoms with van der Waals surface area (Å²) in [5, 5.41) is 8.60. The van der Waals surface area contributed by atoms with E-state index in [9.17, 15) is 9.59 Å². The molecule has 29 heavy (non-hydrogen) atoms. The van der Waals surface area contributed by atoms with Gasteiger partial charge in [-0.3, -0.25) is 9.59 Å². The van der Waals surface area contributed by atoms with Gasteiger partial charge in [-0.1, -0.05) is 18.2 Å². The van der Waals surface area contributed by atoms with Crippen LogP contribution < -0.4 is 10.6 Å². The zero-order valence-electron chi connectivity index (χ0n) is 16.3. The topological polar surface area (TPSA) is 83.6 Å². The number of nitrogens with one attached hydrogen (secondary N) is 2. The number of benzene rings is 1. The van der Waals surface area contributed by atoms with Gasteiger partial charge in [0, 0.05) is 43.2 Å². The Labute approximate surface area is 174 Å². The minimum atomic E-state index is -0.100. The van der Waals surface area contributed by atoms with Gasteiger partial charge in [0.2, 0.25) is 5.91 Å². The maximum Gasteiger partial charge on any atom is 0.273 e. The van der Waals surface area contributed by atoms with Crippen molar-refractivity contribution in [2.24, 2.45) is 0 Å². The number of hydrogen-bond acceptors (Lipinski definition) is 6. The molecule has 2 heterocycles. The van der Waals surface area contributed by atoms with E-state index in [-0.39, 0.29) is 24.0 Å². The summed E-state index contributed by atoms with van der Waals surface area (Å²) in [6.45, 7) is 1.75. The van der Waals surface area contributed by atoms with Gasteiger partial charge in [0.15, 0.2) is 5.13 Å². The number of nitrogens with zero attached hydrogens (tertiary/aromatic N) is 2. The molecular formula is C21H26N4O3S. The predicted molar refractivity (Wildman–Crippen MR) is 112 cm³/mol. The highest BCUT2D eigenvalue weighted by Crippen LogP contribution is 2.29. The van der Waals surface area contributed by atoms with E-state index in [1.807, 2.05) is 30.3 Å². The number of carbonyl (C=O) groups excluding carboxylic acids is 2. The van der Waals surface area contributed by atoms with Crippen LogP contribution in [0, 0.1) is 0 Å². The Morgan fingerprint density at radius 3 is 2.76 bits per heavy atom. The highest BCUT2D eigenvalue weighted by molar-refractivity contribution is 7.14. The molecule has 1 saturated carbocycles. The Morgan fingerprint density at radius 2 is 2.03 bits per heavy atom. The third-order valence-corrected chi connectivity index (χ3v) is 5.89. The Bertz CT molecular complexity index is 831. The number of anilines is 2. The summed E-state index contributed by atoms with van der Waals surface area (Å²) in [4.78, 5) is 31.4. The fraction of sp³-hybridized carbons (Fsp3) is 0.476. The van der Waals surface area contributed by atoms with Crippen LogP contribution in [0.5, 0.6) is 0 Å². The third kappa shape index (κ3) is 5.55. The number of carbonyl (C=O) groups is 2. The fourth-order valence-corrected chi connectivity index (χ4v) is 4.11. The van der Waals surface area contributed by atoms with Crippen molar-refractivity contribution >= 4 is 34.0 Å². The molecule has 1 aromatic carbocycles. The summed E-state index contributed by atoms with van der Waals surface area (Å²) < 4.78 is 5.53. The smallest absolute Gasteiger partial charge is 0.273 e. The highest BCUT2D eigenvalue weighted by atomic mass is 32.1. The van der Waals surface area contributed by atoms with E-state index >= 15 is 0 Å². The van der Waals surface area contributed by atoms with E-state index in [0.717, 1.165) is 38.0 Å². The zero-order valence-corrected chi connectivity index (χ0v) is 17.1. The summed E-state index contributed by atoms with van der Waals surface area (Å²) in [6.07, 6.45) is 4.46. The number of rotatable bonds is 9. The van der Waals surface area contributed by atoms with E-state index < -0.39 is 0 Å². The summed E-state index contributed by atoms with van der Waals surface area (Å²) in [6, 6.07) is 9.97. The molecule has 1 atom stereocenters. The van der Waals surface area contributed by atoms with Crippen molar-refractivity contribution < 1.29 is 14.3 Å². The normalized spacial score (nSPS) is 18.4. The van der Waals surface area contributed by atoms with Gasteiger partial charge < -0.3 is 20.3 Å². The van der Waals surface area contributed by atoms with Gasteiger partial charge in [0.25, 0.3) is 5.91 Å². The van der Waals surface area contributed by atoms with Crippen LogP contribution in [0.4, 0.5) is 10.8 Å². The molecule has 1 unspecified atom stereocenters. The van der Waals surface area contributed by atoms with E-state index in [1.54, 1.807) is 10.3 Å². The molecule has 1 aliphatic heterocycles. The van der Waals surface area contributed by atoms with E-state index in [0.29, 0.717) is 30.3 Å². The molecule has 1 aliphatic carbocycles. The van der Waals surface area contributed by atoms with Crippen molar-refractivity contribution in [2.45, 2.75) is 44.2 Å². The SMILES string of the molecule is O=C(CCN(C(=O)c1csc(Nc2ccccc2)n1)C1CC1)NCC1CCCO1. The lowest BCUT2D eigenvalue weighted by atomic mass is 10.2. The van der Waals surface area contributed by atoms with E-state index in [2.05, 4.69) is 15.6 Å². The molecule has 2 N–H and O–H groups in total. The molecule has 7 nitrogen and oxygen atoms in total. The first-order chi connectivity index (χ1) is 14.2. The minimum Gasteiger partial charge on any atom is -0.376 e. The van der Waals surface area contributed by atoms with Gasteiger partial charge in [-0.15, -0.1) is 11.3 Å². The first-order valence-electron chi connectivity index (χ1n) is 10.2. The van der Waals surface area contributed by atoms with Crippen molar-refractivity contribution in [2.75, 3.05) is 25.0 Å². The number of ether oxygens (including phenoxy) is 1. The van der Waals surface area contributed by atoms with Gasteiger partial charge >= 0.3 is 0 Å². The zero-order chi connectivity index (χ0) is 20.1. The third-order valence-electron chi connectivity index (χ3n) is 5.13. The lowest BCUT2D eigenvalue weighted by Gasteiger charge is -2.21. The second-order valence-corrected chi connectivity index (χ2v) is 8.31. The Kier molecular flexibility index (Phi) is 6.41. The fourth-order valence-electron chi connectivity index (χ4n) is 3.40. The summed E-state index contributed by atoms with van der Waals surface area (Å²) in [5.74, 6) is -0.138. The maximum absolute atomic E-state index is 13.0. The average Bonchev–Trinajstić information content (AvgIpc) is 3.24. The number of thiazole rings is 1. The second-order valence-electron chi connectivity index (χ2n) is 7.45. The lowest BCUT2D eigenvalue weighted by Crippen LogP contribution is -2.38. The van der Waals surface area contributed by atoms with Crippen LogP contribution in [-0.2, 0) is 9.53 Å². The van der Waals surface area contributed by atoms with Crippen LogP contribution >= 0.6 is 11.3 Å². The van der Waals surface area contributed by atoms with Gasteiger partial charge in [-0.25, -0.2) is 4.98 Å². The molecule has 8 heteroatoms. The predicted octanol–water partition coefficient (Wildman–Crippen LogP) is 3.18. The molecule has 2 aromatic rings. The first kappa shape index (κ1) is 19.8. The molecular weight excluding hydrogens is 388 g/mol. The monoisotopic (exact) mass is 414 g/mol. The summed E-state index contributed by atoms with van der Waals surface area (Å²) >= 11 is 1.41. The Hall–Kier alpha value is -2.45. The van der Waals surface area contributed by atoms with Crippen LogP contribution in [0.25, 0.3) is 0 Å². The second kappa shape index (κ2) is 9.37. The number of amides is 2. The molecule has 0 bridgehead atoms. The van der Waals surface area contributed by atoms with Crippen LogP contribution in [-0.4, -0.2) is 53.5 Å². The van der Waals surface area contributed by atoms with E-state index in [4.69, 9.17) is 4.74 Å². The quantitative estimate of drug-likeness (QED) is 0.658. The van der Waals surface area contributed by atoms with E-state index in [1.165, 1.54) is 11.3 Å². The Morgan fingerprint density at radius 1 is 1.21 bits per heavy atom. The van der Waals surface area contributed by atoms with Gasteiger partial charge in [0.05, 0.1) is 6.10 Å². The minimum absolute atomic E-state index is 0.0383. The molecule has 0 spiro atoms. The average molecular weight is 415 g/mol. The first-order valence-corrected chi connectivity index (χ1v) is 11.0. The van der Waals surface area contributed by atoms with Crippen molar-refractivity contribution in [3.05, 3.63) is 41.4 Å². The van der Waals surface area contributed by atoms with Gasteiger partial charge in [-0.2, -0.15) is 0 Å². The van der Waals surface area contributed by atoms with Gasteiger partial charge in [-0.05, 0) is 37.8 Å². The maximum atomic E-state index is 13.0.